The van der Waals surface area contributed by atoms with Gasteiger partial charge in [0.25, 0.3) is 0 Å². The molecule has 3 heteroatoms. The predicted octanol–water partition coefficient (Wildman–Crippen LogP) is 2.23. The molecule has 1 aromatic heterocycles. The Kier molecular flexibility index (Phi) is 3.15. The van der Waals surface area contributed by atoms with Crippen LogP contribution >= 0.6 is 0 Å². The Balaban J connectivity index is 2.30. The molecule has 2 rings (SSSR count). The maximum Gasteiger partial charge on any atom is 0.226 e. The maximum absolute atomic E-state index is 5.51. The zero-order chi connectivity index (χ0) is 10.5. The molecule has 0 aliphatic carbocycles. The van der Waals surface area contributed by atoms with Crippen LogP contribution in [-0.4, -0.2) is 11.5 Å². The smallest absolute Gasteiger partial charge is 0.226 e. The predicted molar refractivity (Wildman–Crippen MR) is 59.3 cm³/mol. The Bertz CT molecular complexity index is 409. The highest BCUT2D eigenvalue weighted by molar-refractivity contribution is 5.58. The average molecular weight is 202 g/mol. The highest BCUT2D eigenvalue weighted by Gasteiger charge is 2.07. The quantitative estimate of drug-likeness (QED) is 0.827. The number of nitrogens with two attached hydrogens (primary N) is 1. The summed E-state index contributed by atoms with van der Waals surface area (Å²) in [6.45, 7) is 0.708. The molecule has 0 unspecified atom stereocenters. The minimum absolute atomic E-state index is 0.683. The summed E-state index contributed by atoms with van der Waals surface area (Å²) in [6.07, 6.45) is 5.21. The van der Waals surface area contributed by atoms with Gasteiger partial charge in [-0.1, -0.05) is 18.2 Å². The molecule has 0 bridgehead atoms. The van der Waals surface area contributed by atoms with Crippen molar-refractivity contribution in [1.82, 2.24) is 4.98 Å². The fourth-order valence-electron chi connectivity index (χ4n) is 1.60. The Morgan fingerprint density at radius 3 is 2.87 bits per heavy atom. The first-order chi connectivity index (χ1) is 7.42. The van der Waals surface area contributed by atoms with Crippen LogP contribution in [0.3, 0.4) is 0 Å². The van der Waals surface area contributed by atoms with E-state index in [1.807, 2.05) is 18.2 Å². The van der Waals surface area contributed by atoms with E-state index in [1.54, 1.807) is 12.5 Å². The van der Waals surface area contributed by atoms with Crippen molar-refractivity contribution in [2.75, 3.05) is 6.54 Å². The standard InChI is InChI=1S/C12H14N2O/c13-7-3-5-10-4-1-2-6-11(10)12-14-8-9-15-12/h1-2,4,6,8-9H,3,5,7,13H2. The monoisotopic (exact) mass is 202 g/mol. The SMILES string of the molecule is NCCCc1ccccc1-c1ncco1. The Labute approximate surface area is 88.9 Å². The van der Waals surface area contributed by atoms with Gasteiger partial charge in [0.05, 0.1) is 6.20 Å². The summed E-state index contributed by atoms with van der Waals surface area (Å²) in [4.78, 5) is 4.16. The van der Waals surface area contributed by atoms with E-state index in [1.165, 1.54) is 5.56 Å². The van der Waals surface area contributed by atoms with Gasteiger partial charge < -0.3 is 10.2 Å². The molecule has 78 valence electrons. The number of benzene rings is 1. The number of rotatable bonds is 4. The van der Waals surface area contributed by atoms with E-state index < -0.39 is 0 Å². The Morgan fingerprint density at radius 1 is 1.27 bits per heavy atom. The molecular weight excluding hydrogens is 188 g/mol. The van der Waals surface area contributed by atoms with E-state index in [4.69, 9.17) is 10.2 Å². The zero-order valence-electron chi connectivity index (χ0n) is 8.52. The van der Waals surface area contributed by atoms with Crippen LogP contribution in [0.4, 0.5) is 0 Å². The van der Waals surface area contributed by atoms with E-state index in [0.29, 0.717) is 12.4 Å². The van der Waals surface area contributed by atoms with Crippen LogP contribution < -0.4 is 5.73 Å². The van der Waals surface area contributed by atoms with Gasteiger partial charge in [-0.25, -0.2) is 4.98 Å². The van der Waals surface area contributed by atoms with E-state index >= 15 is 0 Å². The van der Waals surface area contributed by atoms with E-state index in [-0.39, 0.29) is 0 Å². The lowest BCUT2D eigenvalue weighted by atomic mass is 10.0. The van der Waals surface area contributed by atoms with Crippen molar-refractivity contribution < 1.29 is 4.42 Å². The third kappa shape index (κ3) is 2.25. The van der Waals surface area contributed by atoms with Crippen molar-refractivity contribution in [2.24, 2.45) is 5.73 Å². The van der Waals surface area contributed by atoms with Crippen LogP contribution in [-0.2, 0) is 6.42 Å². The van der Waals surface area contributed by atoms with Gasteiger partial charge >= 0.3 is 0 Å². The average Bonchev–Trinajstić information content (AvgIpc) is 2.80. The summed E-state index contributed by atoms with van der Waals surface area (Å²) in [5.41, 5.74) is 7.81. The summed E-state index contributed by atoms with van der Waals surface area (Å²) in [5, 5.41) is 0. The highest BCUT2D eigenvalue weighted by Crippen LogP contribution is 2.22. The number of hydrogen-bond acceptors (Lipinski definition) is 3. The number of aryl methyl sites for hydroxylation is 1. The van der Waals surface area contributed by atoms with Gasteiger partial charge in [-0.15, -0.1) is 0 Å². The van der Waals surface area contributed by atoms with Gasteiger partial charge in [0.15, 0.2) is 0 Å². The minimum atomic E-state index is 0.683. The summed E-state index contributed by atoms with van der Waals surface area (Å²) in [7, 11) is 0. The van der Waals surface area contributed by atoms with E-state index in [0.717, 1.165) is 18.4 Å². The van der Waals surface area contributed by atoms with Crippen LogP contribution in [0.5, 0.6) is 0 Å². The fourth-order valence-corrected chi connectivity index (χ4v) is 1.60. The van der Waals surface area contributed by atoms with E-state index in [2.05, 4.69) is 11.1 Å². The molecule has 0 radical (unpaired) electrons. The Morgan fingerprint density at radius 2 is 2.13 bits per heavy atom. The molecule has 0 amide bonds. The lowest BCUT2D eigenvalue weighted by Gasteiger charge is -2.04. The molecule has 2 N–H and O–H groups in total. The van der Waals surface area contributed by atoms with E-state index in [9.17, 15) is 0 Å². The number of hydrogen-bond donors (Lipinski definition) is 1. The molecule has 0 atom stereocenters. The lowest BCUT2D eigenvalue weighted by molar-refractivity contribution is 0.573. The van der Waals surface area contributed by atoms with Crippen molar-refractivity contribution in [3.05, 3.63) is 42.3 Å². The van der Waals surface area contributed by atoms with Crippen LogP contribution in [0.15, 0.2) is 41.1 Å². The summed E-state index contributed by atoms with van der Waals surface area (Å²) < 4.78 is 5.30. The number of aromatic nitrogens is 1. The van der Waals surface area contributed by atoms with Crippen LogP contribution in [0.2, 0.25) is 0 Å². The molecule has 1 aromatic carbocycles. The topological polar surface area (TPSA) is 52.0 Å². The first-order valence-electron chi connectivity index (χ1n) is 5.09. The van der Waals surface area contributed by atoms with Crippen molar-refractivity contribution in [1.29, 1.82) is 0 Å². The largest absolute Gasteiger partial charge is 0.445 e. The molecule has 0 saturated heterocycles. The second kappa shape index (κ2) is 4.75. The molecule has 0 fully saturated rings. The third-order valence-electron chi connectivity index (χ3n) is 2.33. The molecule has 3 nitrogen and oxygen atoms in total. The van der Waals surface area contributed by atoms with Crippen LogP contribution in [0.1, 0.15) is 12.0 Å². The molecule has 0 saturated carbocycles. The third-order valence-corrected chi connectivity index (χ3v) is 2.33. The maximum atomic E-state index is 5.51. The van der Waals surface area contributed by atoms with Gasteiger partial charge in [0.2, 0.25) is 5.89 Å². The second-order valence-electron chi connectivity index (χ2n) is 3.39. The first kappa shape index (κ1) is 9.93. The Hall–Kier alpha value is -1.61. The molecule has 1 heterocycles. The van der Waals surface area contributed by atoms with Gasteiger partial charge in [-0.05, 0) is 31.0 Å². The van der Waals surface area contributed by atoms with Crippen molar-refractivity contribution in [3.8, 4) is 11.5 Å². The fraction of sp³-hybridized carbons (Fsp3) is 0.250. The molecule has 2 aromatic rings. The van der Waals surface area contributed by atoms with Crippen molar-refractivity contribution >= 4 is 0 Å². The number of oxazole rings is 1. The molecule has 0 aliphatic rings. The lowest BCUT2D eigenvalue weighted by Crippen LogP contribution is -2.01. The minimum Gasteiger partial charge on any atom is -0.445 e. The molecule has 15 heavy (non-hydrogen) atoms. The van der Waals surface area contributed by atoms with Crippen LogP contribution in [0.25, 0.3) is 11.5 Å². The molecule has 0 aliphatic heterocycles. The normalized spacial score (nSPS) is 10.5. The summed E-state index contributed by atoms with van der Waals surface area (Å²) in [6, 6.07) is 8.14. The number of nitrogens with zero attached hydrogens (tertiary/aromatic N) is 1. The first-order valence-corrected chi connectivity index (χ1v) is 5.09. The summed E-state index contributed by atoms with van der Waals surface area (Å²) >= 11 is 0. The van der Waals surface area contributed by atoms with Crippen molar-refractivity contribution in [2.45, 2.75) is 12.8 Å². The van der Waals surface area contributed by atoms with Gasteiger partial charge in [0, 0.05) is 5.56 Å². The zero-order valence-corrected chi connectivity index (χ0v) is 8.52. The second-order valence-corrected chi connectivity index (χ2v) is 3.39. The highest BCUT2D eigenvalue weighted by atomic mass is 16.3. The van der Waals surface area contributed by atoms with Gasteiger partial charge in [0.1, 0.15) is 6.26 Å². The molecule has 0 spiro atoms. The van der Waals surface area contributed by atoms with Gasteiger partial charge in [-0.2, -0.15) is 0 Å². The van der Waals surface area contributed by atoms with Crippen molar-refractivity contribution in [3.63, 3.8) is 0 Å². The van der Waals surface area contributed by atoms with Crippen LogP contribution in [0, 0.1) is 0 Å². The summed E-state index contributed by atoms with van der Waals surface area (Å²) in [5.74, 6) is 0.683. The molecular formula is C12H14N2O. The van der Waals surface area contributed by atoms with Gasteiger partial charge in [-0.3, -0.25) is 0 Å².